The molecule has 2 rings (SSSR count). The molecule has 2 saturated heterocycles. The van der Waals surface area contributed by atoms with Gasteiger partial charge in [0, 0.05) is 19.5 Å². The van der Waals surface area contributed by atoms with Crippen LogP contribution in [-0.2, 0) is 4.79 Å². The number of carbonyl (C=O) groups is 1. The summed E-state index contributed by atoms with van der Waals surface area (Å²) in [5, 5.41) is 32.7. The minimum Gasteiger partial charge on any atom is -0.391 e. The van der Waals surface area contributed by atoms with E-state index in [0.29, 0.717) is 25.9 Å². The summed E-state index contributed by atoms with van der Waals surface area (Å²) in [5.74, 6) is 0.149. The lowest BCUT2D eigenvalue weighted by Gasteiger charge is -2.43. The number of hydrogen-bond acceptors (Lipinski definition) is 5. The van der Waals surface area contributed by atoms with Gasteiger partial charge in [0.2, 0.25) is 5.91 Å². The first-order valence-electron chi connectivity index (χ1n) is 6.97. The minimum absolute atomic E-state index is 0.107. The van der Waals surface area contributed by atoms with Gasteiger partial charge in [-0.25, -0.2) is 0 Å². The van der Waals surface area contributed by atoms with Crippen molar-refractivity contribution in [2.45, 2.75) is 57.1 Å². The number of aliphatic hydroxyl groups excluding tert-OH is 3. The van der Waals surface area contributed by atoms with E-state index in [-0.39, 0.29) is 11.8 Å². The highest BCUT2D eigenvalue weighted by atomic mass is 16.3. The Morgan fingerprint density at radius 1 is 1.32 bits per heavy atom. The molecule has 6 nitrogen and oxygen atoms in total. The van der Waals surface area contributed by atoms with Crippen molar-refractivity contribution in [1.29, 1.82) is 0 Å². The fourth-order valence-electron chi connectivity index (χ4n) is 3.09. The lowest BCUT2D eigenvalue weighted by molar-refractivity contribution is -0.130. The third-order valence-electron chi connectivity index (χ3n) is 4.01. The molecule has 2 aliphatic rings. The van der Waals surface area contributed by atoms with E-state index >= 15 is 0 Å². The van der Waals surface area contributed by atoms with Crippen LogP contribution in [-0.4, -0.2) is 69.6 Å². The van der Waals surface area contributed by atoms with Crippen LogP contribution in [0.2, 0.25) is 0 Å². The number of amides is 1. The van der Waals surface area contributed by atoms with Crippen LogP contribution in [0.25, 0.3) is 0 Å². The van der Waals surface area contributed by atoms with E-state index in [1.54, 1.807) is 0 Å². The van der Waals surface area contributed by atoms with Crippen LogP contribution < -0.4 is 5.32 Å². The summed E-state index contributed by atoms with van der Waals surface area (Å²) in [6, 6.07) is -0.879. The summed E-state index contributed by atoms with van der Waals surface area (Å²) >= 11 is 0. The van der Waals surface area contributed by atoms with Gasteiger partial charge in [0.05, 0.1) is 24.3 Å². The number of nitrogens with one attached hydrogen (secondary N) is 1. The van der Waals surface area contributed by atoms with Gasteiger partial charge in [-0.15, -0.1) is 0 Å². The molecule has 0 aromatic carbocycles. The highest BCUT2D eigenvalue weighted by molar-refractivity contribution is 5.76. The van der Waals surface area contributed by atoms with Gasteiger partial charge in [0.25, 0.3) is 0 Å². The Labute approximate surface area is 113 Å². The number of piperidine rings is 1. The van der Waals surface area contributed by atoms with Crippen molar-refractivity contribution in [3.8, 4) is 0 Å². The van der Waals surface area contributed by atoms with Crippen molar-refractivity contribution in [2.75, 3.05) is 13.1 Å². The molecule has 0 aromatic rings. The van der Waals surface area contributed by atoms with Crippen molar-refractivity contribution in [1.82, 2.24) is 10.2 Å². The van der Waals surface area contributed by atoms with Gasteiger partial charge < -0.3 is 20.6 Å². The monoisotopic (exact) mass is 272 g/mol. The molecular formula is C13H24N2O4. The second-order valence-electron chi connectivity index (χ2n) is 6.09. The lowest BCUT2D eigenvalue weighted by Crippen LogP contribution is -2.65. The van der Waals surface area contributed by atoms with E-state index < -0.39 is 30.4 Å². The van der Waals surface area contributed by atoms with E-state index in [4.69, 9.17) is 0 Å². The Morgan fingerprint density at radius 2 is 2.00 bits per heavy atom. The molecule has 0 aromatic heterocycles. The predicted octanol–water partition coefficient (Wildman–Crippen LogP) is -1.31. The summed E-state index contributed by atoms with van der Waals surface area (Å²) in [4.78, 5) is 13.7. The molecule has 2 fully saturated rings. The summed E-state index contributed by atoms with van der Waals surface area (Å²) in [6.45, 7) is 5.08. The van der Waals surface area contributed by atoms with E-state index in [1.165, 1.54) is 0 Å². The molecule has 5 atom stereocenters. The second-order valence-corrected chi connectivity index (χ2v) is 6.09. The molecule has 0 aliphatic carbocycles. The maximum Gasteiger partial charge on any atom is 0.220 e. The highest BCUT2D eigenvalue weighted by Gasteiger charge is 2.48. The van der Waals surface area contributed by atoms with Crippen molar-refractivity contribution >= 4 is 5.91 Å². The van der Waals surface area contributed by atoms with Crippen LogP contribution in [0, 0.1) is 5.92 Å². The second kappa shape index (κ2) is 5.75. The van der Waals surface area contributed by atoms with E-state index in [0.717, 1.165) is 0 Å². The van der Waals surface area contributed by atoms with Crippen molar-refractivity contribution < 1.29 is 20.1 Å². The van der Waals surface area contributed by atoms with Crippen LogP contribution in [0.3, 0.4) is 0 Å². The van der Waals surface area contributed by atoms with Crippen LogP contribution in [0.15, 0.2) is 0 Å². The van der Waals surface area contributed by atoms with Gasteiger partial charge in [-0.3, -0.25) is 9.69 Å². The molecule has 1 amide bonds. The molecule has 2 aliphatic heterocycles. The Bertz CT molecular complexity index is 337. The van der Waals surface area contributed by atoms with Crippen LogP contribution in [0.1, 0.15) is 26.7 Å². The summed E-state index contributed by atoms with van der Waals surface area (Å²) in [5.41, 5.74) is 0. The van der Waals surface area contributed by atoms with Gasteiger partial charge in [-0.1, -0.05) is 13.8 Å². The van der Waals surface area contributed by atoms with Crippen LogP contribution >= 0.6 is 0 Å². The molecule has 0 radical (unpaired) electrons. The predicted molar refractivity (Wildman–Crippen MR) is 69.4 cm³/mol. The summed E-state index contributed by atoms with van der Waals surface area (Å²) in [7, 11) is 0. The molecule has 2 heterocycles. The molecule has 110 valence electrons. The Morgan fingerprint density at radius 3 is 2.63 bits per heavy atom. The topological polar surface area (TPSA) is 93.0 Å². The molecule has 0 spiro atoms. The fourth-order valence-corrected chi connectivity index (χ4v) is 3.09. The van der Waals surface area contributed by atoms with Gasteiger partial charge in [0.1, 0.15) is 6.10 Å². The zero-order chi connectivity index (χ0) is 14.2. The minimum atomic E-state index is -1.02. The normalized spacial score (nSPS) is 39.4. The fraction of sp³-hybridized carbons (Fsp3) is 0.923. The average Bonchev–Trinajstić information content (AvgIpc) is 2.66. The zero-order valence-electron chi connectivity index (χ0n) is 11.5. The molecule has 0 saturated carbocycles. The standard InChI is InChI=1S/C13H24N2O4/c1-7(2)5-10(17)14-8-6-15-4-3-9(16)11(15)13(19)12(8)18/h7-9,11-13,16,18-19H,3-6H2,1-2H3,(H,14,17)/t8-,9?,11?,12+,13+/m0/s1. The number of carbonyl (C=O) groups excluding carboxylic acids is 1. The summed E-state index contributed by atoms with van der Waals surface area (Å²) < 4.78 is 0. The quantitative estimate of drug-likeness (QED) is 0.512. The molecule has 4 N–H and O–H groups in total. The molecule has 2 unspecified atom stereocenters. The lowest BCUT2D eigenvalue weighted by atomic mass is 9.91. The Kier molecular flexibility index (Phi) is 4.45. The number of rotatable bonds is 3. The molecular weight excluding hydrogens is 248 g/mol. The first-order chi connectivity index (χ1) is 8.90. The van der Waals surface area contributed by atoms with Crippen molar-refractivity contribution in [3.63, 3.8) is 0 Å². The van der Waals surface area contributed by atoms with Gasteiger partial charge in [-0.05, 0) is 12.3 Å². The first-order valence-corrected chi connectivity index (χ1v) is 6.97. The van der Waals surface area contributed by atoms with Gasteiger partial charge in [-0.2, -0.15) is 0 Å². The SMILES string of the molecule is CC(C)CC(=O)N[C@H]1CN2CCC(O)C2[C@@H](O)[C@@H]1O. The van der Waals surface area contributed by atoms with E-state index in [9.17, 15) is 20.1 Å². The van der Waals surface area contributed by atoms with E-state index in [2.05, 4.69) is 5.32 Å². The third kappa shape index (κ3) is 3.08. The zero-order valence-corrected chi connectivity index (χ0v) is 11.5. The number of fused-ring (bicyclic) bond motifs is 1. The van der Waals surface area contributed by atoms with Gasteiger partial charge >= 0.3 is 0 Å². The molecule has 19 heavy (non-hydrogen) atoms. The van der Waals surface area contributed by atoms with Gasteiger partial charge in [0.15, 0.2) is 0 Å². The third-order valence-corrected chi connectivity index (χ3v) is 4.01. The number of nitrogens with zero attached hydrogens (tertiary/aromatic N) is 1. The Hall–Kier alpha value is -0.690. The maximum absolute atomic E-state index is 11.8. The smallest absolute Gasteiger partial charge is 0.220 e. The molecule has 0 bridgehead atoms. The largest absolute Gasteiger partial charge is 0.391 e. The van der Waals surface area contributed by atoms with Crippen molar-refractivity contribution in [3.05, 3.63) is 0 Å². The number of hydrogen-bond donors (Lipinski definition) is 4. The Balaban J connectivity index is 1.98. The van der Waals surface area contributed by atoms with Crippen molar-refractivity contribution in [2.24, 2.45) is 5.92 Å². The van der Waals surface area contributed by atoms with Crippen LogP contribution in [0.4, 0.5) is 0 Å². The van der Waals surface area contributed by atoms with E-state index in [1.807, 2.05) is 18.7 Å². The average molecular weight is 272 g/mol. The first kappa shape index (κ1) is 14.7. The highest BCUT2D eigenvalue weighted by Crippen LogP contribution is 2.28. The van der Waals surface area contributed by atoms with Crippen LogP contribution in [0.5, 0.6) is 0 Å². The number of aliphatic hydroxyl groups is 3. The molecule has 6 heteroatoms. The summed E-state index contributed by atoms with van der Waals surface area (Å²) in [6.07, 6.45) is -1.63. The maximum atomic E-state index is 11.8.